The molecule has 116 valence electrons. The molecule has 6 heteroatoms. The van der Waals surface area contributed by atoms with Gasteiger partial charge in [-0.1, -0.05) is 19.8 Å². The minimum Gasteiger partial charge on any atom is -0.368 e. The van der Waals surface area contributed by atoms with Gasteiger partial charge in [0.05, 0.1) is 0 Å². The third-order valence-electron chi connectivity index (χ3n) is 4.55. The molecule has 6 nitrogen and oxygen atoms in total. The molecule has 2 atom stereocenters. The van der Waals surface area contributed by atoms with Gasteiger partial charge in [-0.05, 0) is 38.0 Å². The Morgan fingerprint density at radius 1 is 1.05 bits per heavy atom. The van der Waals surface area contributed by atoms with E-state index in [4.69, 9.17) is 5.73 Å². The molecule has 0 spiro atoms. The predicted octanol–water partition coefficient (Wildman–Crippen LogP) is 2.43. The van der Waals surface area contributed by atoms with E-state index in [9.17, 15) is 0 Å². The van der Waals surface area contributed by atoms with Gasteiger partial charge in [0.2, 0.25) is 17.8 Å². The molecule has 0 aromatic carbocycles. The van der Waals surface area contributed by atoms with Crippen LogP contribution in [0.25, 0.3) is 0 Å². The van der Waals surface area contributed by atoms with Crippen molar-refractivity contribution in [2.75, 3.05) is 29.0 Å². The lowest BCUT2D eigenvalue weighted by Gasteiger charge is -2.29. The third-order valence-corrected chi connectivity index (χ3v) is 4.55. The molecule has 1 aromatic heterocycles. The summed E-state index contributed by atoms with van der Waals surface area (Å²) in [6.45, 7) is 4.35. The molecule has 3 N–H and O–H groups in total. The van der Waals surface area contributed by atoms with Gasteiger partial charge in [-0.3, -0.25) is 0 Å². The summed E-state index contributed by atoms with van der Waals surface area (Å²) < 4.78 is 0. The van der Waals surface area contributed by atoms with Gasteiger partial charge in [-0.25, -0.2) is 0 Å². The van der Waals surface area contributed by atoms with Crippen LogP contribution in [0.2, 0.25) is 0 Å². The van der Waals surface area contributed by atoms with Crippen molar-refractivity contribution in [3.63, 3.8) is 0 Å². The number of aromatic nitrogens is 3. The highest BCUT2D eigenvalue weighted by Crippen LogP contribution is 2.26. The molecular weight excluding hydrogens is 264 g/mol. The molecular formula is C15H26N6. The molecule has 1 saturated carbocycles. The van der Waals surface area contributed by atoms with Crippen LogP contribution in [0.5, 0.6) is 0 Å². The second kappa shape index (κ2) is 6.45. The largest absolute Gasteiger partial charge is 0.368 e. The van der Waals surface area contributed by atoms with Crippen LogP contribution < -0.4 is 16.0 Å². The normalized spacial score (nSPS) is 26.6. The zero-order chi connectivity index (χ0) is 14.7. The van der Waals surface area contributed by atoms with Crippen LogP contribution in [0.15, 0.2) is 0 Å². The Morgan fingerprint density at radius 2 is 1.86 bits per heavy atom. The van der Waals surface area contributed by atoms with E-state index in [1.54, 1.807) is 0 Å². The summed E-state index contributed by atoms with van der Waals surface area (Å²) in [6.07, 6.45) is 8.68. The molecule has 3 rings (SSSR count). The van der Waals surface area contributed by atoms with Crippen LogP contribution in [0.3, 0.4) is 0 Å². The Labute approximate surface area is 126 Å². The van der Waals surface area contributed by atoms with Crippen LogP contribution in [0.4, 0.5) is 17.8 Å². The van der Waals surface area contributed by atoms with E-state index < -0.39 is 0 Å². The first-order valence-corrected chi connectivity index (χ1v) is 8.24. The van der Waals surface area contributed by atoms with Gasteiger partial charge in [-0.2, -0.15) is 15.0 Å². The molecule has 1 saturated heterocycles. The number of nitrogens with one attached hydrogen (secondary N) is 1. The zero-order valence-corrected chi connectivity index (χ0v) is 12.9. The van der Waals surface area contributed by atoms with E-state index in [1.807, 2.05) is 0 Å². The highest BCUT2D eigenvalue weighted by atomic mass is 15.3. The fourth-order valence-corrected chi connectivity index (χ4v) is 3.43. The Morgan fingerprint density at radius 3 is 2.62 bits per heavy atom. The fraction of sp³-hybridized carbons (Fsp3) is 0.800. The van der Waals surface area contributed by atoms with Gasteiger partial charge < -0.3 is 16.0 Å². The lowest BCUT2D eigenvalue weighted by atomic mass is 9.87. The van der Waals surface area contributed by atoms with Crippen molar-refractivity contribution in [1.29, 1.82) is 0 Å². The van der Waals surface area contributed by atoms with E-state index in [0.717, 1.165) is 25.0 Å². The summed E-state index contributed by atoms with van der Waals surface area (Å²) in [7, 11) is 0. The third kappa shape index (κ3) is 3.74. The van der Waals surface area contributed by atoms with Crippen LogP contribution in [0, 0.1) is 5.92 Å². The van der Waals surface area contributed by atoms with Gasteiger partial charge in [0.15, 0.2) is 0 Å². The topological polar surface area (TPSA) is 80.0 Å². The fourth-order valence-electron chi connectivity index (χ4n) is 3.43. The van der Waals surface area contributed by atoms with Gasteiger partial charge >= 0.3 is 0 Å². The Bertz CT molecular complexity index is 471. The van der Waals surface area contributed by atoms with Gasteiger partial charge in [0, 0.05) is 19.1 Å². The Balaban J connectivity index is 1.71. The Hall–Kier alpha value is -1.59. The van der Waals surface area contributed by atoms with Crippen molar-refractivity contribution in [1.82, 2.24) is 15.0 Å². The van der Waals surface area contributed by atoms with E-state index >= 15 is 0 Å². The van der Waals surface area contributed by atoms with Crippen molar-refractivity contribution >= 4 is 17.8 Å². The molecule has 2 unspecified atom stereocenters. The number of nitrogens with two attached hydrogens (primary N) is 1. The minimum absolute atomic E-state index is 0.317. The van der Waals surface area contributed by atoms with E-state index in [2.05, 4.69) is 32.1 Å². The summed E-state index contributed by atoms with van der Waals surface area (Å²) in [6, 6.07) is 0.463. The van der Waals surface area contributed by atoms with E-state index in [-0.39, 0.29) is 0 Å². The van der Waals surface area contributed by atoms with Crippen molar-refractivity contribution in [3.8, 4) is 0 Å². The molecule has 2 fully saturated rings. The number of nitrogens with zero attached hydrogens (tertiary/aromatic N) is 4. The van der Waals surface area contributed by atoms with Crippen LogP contribution in [-0.4, -0.2) is 34.1 Å². The summed E-state index contributed by atoms with van der Waals surface area (Å²) in [5.74, 6) is 2.46. The molecule has 0 amide bonds. The maximum absolute atomic E-state index is 5.87. The molecule has 21 heavy (non-hydrogen) atoms. The first-order chi connectivity index (χ1) is 10.2. The number of nitrogen functional groups attached to an aromatic ring is 1. The first-order valence-electron chi connectivity index (χ1n) is 8.24. The lowest BCUT2D eigenvalue weighted by molar-refractivity contribution is 0.357. The number of hydrogen-bond acceptors (Lipinski definition) is 6. The van der Waals surface area contributed by atoms with Crippen LogP contribution >= 0.6 is 0 Å². The average molecular weight is 290 g/mol. The lowest BCUT2D eigenvalue weighted by Crippen LogP contribution is -2.32. The monoisotopic (exact) mass is 290 g/mol. The maximum Gasteiger partial charge on any atom is 0.231 e. The van der Waals surface area contributed by atoms with Crippen LogP contribution in [0.1, 0.15) is 51.9 Å². The molecule has 1 aromatic rings. The van der Waals surface area contributed by atoms with Crippen molar-refractivity contribution in [3.05, 3.63) is 0 Å². The number of hydrogen-bond donors (Lipinski definition) is 2. The highest BCUT2D eigenvalue weighted by Gasteiger charge is 2.21. The minimum atomic E-state index is 0.317. The summed E-state index contributed by atoms with van der Waals surface area (Å²) in [4.78, 5) is 15.4. The second-order valence-corrected chi connectivity index (χ2v) is 6.48. The summed E-state index contributed by atoms with van der Waals surface area (Å²) in [5.41, 5.74) is 5.87. The van der Waals surface area contributed by atoms with Gasteiger partial charge in [-0.15, -0.1) is 0 Å². The molecule has 0 bridgehead atoms. The standard InChI is InChI=1S/C15H26N6/c1-11-6-5-7-12(10-11)17-14-18-13(16)19-15(20-14)21-8-3-2-4-9-21/h11-12H,2-10H2,1H3,(H3,16,17,18,19,20). The van der Waals surface area contributed by atoms with Crippen molar-refractivity contribution < 1.29 is 0 Å². The quantitative estimate of drug-likeness (QED) is 0.890. The summed E-state index contributed by atoms with van der Waals surface area (Å²) >= 11 is 0. The predicted molar refractivity (Wildman–Crippen MR) is 85.3 cm³/mol. The van der Waals surface area contributed by atoms with Crippen molar-refractivity contribution in [2.24, 2.45) is 5.92 Å². The molecule has 1 aliphatic carbocycles. The zero-order valence-electron chi connectivity index (χ0n) is 12.9. The molecule has 2 aliphatic rings. The first kappa shape index (κ1) is 14.4. The molecule has 2 heterocycles. The average Bonchev–Trinajstić information content (AvgIpc) is 2.47. The summed E-state index contributed by atoms with van der Waals surface area (Å²) in [5, 5.41) is 3.46. The molecule has 1 aliphatic heterocycles. The van der Waals surface area contributed by atoms with Crippen molar-refractivity contribution in [2.45, 2.75) is 57.9 Å². The smallest absolute Gasteiger partial charge is 0.231 e. The van der Waals surface area contributed by atoms with E-state index in [0.29, 0.717) is 17.9 Å². The van der Waals surface area contributed by atoms with Crippen LogP contribution in [-0.2, 0) is 0 Å². The highest BCUT2D eigenvalue weighted by molar-refractivity contribution is 5.42. The Kier molecular flexibility index (Phi) is 4.41. The maximum atomic E-state index is 5.87. The number of rotatable bonds is 3. The molecule has 0 radical (unpaired) electrons. The number of anilines is 3. The second-order valence-electron chi connectivity index (χ2n) is 6.48. The SMILES string of the molecule is CC1CCCC(Nc2nc(N)nc(N3CCCCC3)n2)C1. The van der Waals surface area contributed by atoms with Gasteiger partial charge in [0.25, 0.3) is 0 Å². The van der Waals surface area contributed by atoms with E-state index in [1.165, 1.54) is 44.9 Å². The van der Waals surface area contributed by atoms with Gasteiger partial charge in [0.1, 0.15) is 0 Å². The number of piperidine rings is 1.